The van der Waals surface area contributed by atoms with E-state index in [1.54, 1.807) is 0 Å². The van der Waals surface area contributed by atoms with Crippen LogP contribution in [0.3, 0.4) is 0 Å². The molecule has 0 aromatic heterocycles. The van der Waals surface area contributed by atoms with Crippen molar-refractivity contribution < 1.29 is 27.4 Å². The van der Waals surface area contributed by atoms with Crippen molar-refractivity contribution in [2.24, 2.45) is 5.92 Å². The highest BCUT2D eigenvalue weighted by Crippen LogP contribution is 2.31. The van der Waals surface area contributed by atoms with Gasteiger partial charge in [-0.25, -0.2) is 13.1 Å². The van der Waals surface area contributed by atoms with Crippen LogP contribution in [-0.4, -0.2) is 60.2 Å². The van der Waals surface area contributed by atoms with Crippen LogP contribution in [0.4, 0.5) is 0 Å². The molecule has 8 heteroatoms. The molecule has 1 N–H and O–H groups in total. The Bertz CT molecular complexity index is 410. The second kappa shape index (κ2) is 7.92. The van der Waals surface area contributed by atoms with Crippen molar-refractivity contribution in [3.05, 3.63) is 0 Å². The number of hydrogen-bond donors (Lipinski definition) is 1. The van der Waals surface area contributed by atoms with Gasteiger partial charge in [-0.3, -0.25) is 4.79 Å². The monoisotopic (exact) mass is 309 g/mol. The van der Waals surface area contributed by atoms with Crippen LogP contribution in [0, 0.1) is 5.92 Å². The van der Waals surface area contributed by atoms with Gasteiger partial charge in [-0.05, 0) is 12.8 Å². The zero-order valence-corrected chi connectivity index (χ0v) is 12.9. The van der Waals surface area contributed by atoms with Gasteiger partial charge in [0.2, 0.25) is 10.0 Å². The first-order valence-electron chi connectivity index (χ1n) is 6.54. The van der Waals surface area contributed by atoms with E-state index in [-0.39, 0.29) is 12.6 Å². The molecule has 1 aliphatic rings. The Balaban J connectivity index is 2.65. The van der Waals surface area contributed by atoms with Gasteiger partial charge in [-0.1, -0.05) is 6.42 Å². The molecule has 118 valence electrons. The fraction of sp³-hybridized carbons (Fsp3) is 0.917. The van der Waals surface area contributed by atoms with E-state index in [0.717, 1.165) is 0 Å². The SMILES string of the molecule is COCC(CNS(=O)(=O)C1CCCC1C(=O)OC)OC. The molecule has 1 rings (SSSR count). The molecule has 3 atom stereocenters. The lowest BCUT2D eigenvalue weighted by molar-refractivity contribution is -0.145. The minimum atomic E-state index is -3.57. The quantitative estimate of drug-likeness (QED) is 0.630. The van der Waals surface area contributed by atoms with Gasteiger partial charge in [0.1, 0.15) is 0 Å². The third kappa shape index (κ3) is 4.41. The summed E-state index contributed by atoms with van der Waals surface area (Å²) in [6.07, 6.45) is 1.37. The van der Waals surface area contributed by atoms with E-state index in [1.165, 1.54) is 21.3 Å². The third-order valence-corrected chi connectivity index (χ3v) is 5.48. The van der Waals surface area contributed by atoms with Crippen LogP contribution >= 0.6 is 0 Å². The highest BCUT2D eigenvalue weighted by Gasteiger charge is 2.42. The molecule has 20 heavy (non-hydrogen) atoms. The smallest absolute Gasteiger partial charge is 0.310 e. The lowest BCUT2D eigenvalue weighted by Gasteiger charge is -2.20. The number of carbonyl (C=O) groups is 1. The summed E-state index contributed by atoms with van der Waals surface area (Å²) in [6, 6.07) is 0. The number of sulfonamides is 1. The Morgan fingerprint density at radius 3 is 2.55 bits per heavy atom. The number of rotatable bonds is 8. The van der Waals surface area contributed by atoms with Crippen LogP contribution in [-0.2, 0) is 29.0 Å². The first kappa shape index (κ1) is 17.4. The number of esters is 1. The summed E-state index contributed by atoms with van der Waals surface area (Å²) in [5.41, 5.74) is 0. The van der Waals surface area contributed by atoms with Gasteiger partial charge in [-0.15, -0.1) is 0 Å². The van der Waals surface area contributed by atoms with Crippen molar-refractivity contribution in [1.29, 1.82) is 0 Å². The van der Waals surface area contributed by atoms with Crippen molar-refractivity contribution in [3.8, 4) is 0 Å². The van der Waals surface area contributed by atoms with Gasteiger partial charge < -0.3 is 14.2 Å². The summed E-state index contributed by atoms with van der Waals surface area (Å²) in [5.74, 6) is -1.04. The molecule has 7 nitrogen and oxygen atoms in total. The second-order valence-electron chi connectivity index (χ2n) is 4.81. The average Bonchev–Trinajstić information content (AvgIpc) is 2.92. The topological polar surface area (TPSA) is 90.9 Å². The van der Waals surface area contributed by atoms with Gasteiger partial charge >= 0.3 is 5.97 Å². The van der Waals surface area contributed by atoms with Gasteiger partial charge in [0, 0.05) is 20.8 Å². The van der Waals surface area contributed by atoms with E-state index in [9.17, 15) is 13.2 Å². The molecule has 0 spiro atoms. The molecular weight excluding hydrogens is 286 g/mol. The number of methoxy groups -OCH3 is 3. The standard InChI is InChI=1S/C12H23NO6S/c1-17-8-9(18-2)7-13-20(15,16)11-6-4-5-10(11)12(14)19-3/h9-11,13H,4-8H2,1-3H3. The minimum absolute atomic E-state index is 0.122. The van der Waals surface area contributed by atoms with E-state index in [4.69, 9.17) is 9.47 Å². The molecule has 0 aromatic rings. The zero-order chi connectivity index (χ0) is 15.2. The van der Waals surface area contributed by atoms with Crippen molar-refractivity contribution >= 4 is 16.0 Å². The van der Waals surface area contributed by atoms with E-state index in [0.29, 0.717) is 25.9 Å². The van der Waals surface area contributed by atoms with Crippen LogP contribution in [0.1, 0.15) is 19.3 Å². The largest absolute Gasteiger partial charge is 0.469 e. The number of hydrogen-bond acceptors (Lipinski definition) is 6. The average molecular weight is 309 g/mol. The Morgan fingerprint density at radius 1 is 1.30 bits per heavy atom. The molecule has 3 unspecified atom stereocenters. The fourth-order valence-corrected chi connectivity index (χ4v) is 4.22. The van der Waals surface area contributed by atoms with E-state index in [1.807, 2.05) is 0 Å². The van der Waals surface area contributed by atoms with Gasteiger partial charge in [0.05, 0.1) is 31.0 Å². The molecule has 0 aliphatic heterocycles. The molecule has 0 aromatic carbocycles. The van der Waals surface area contributed by atoms with Crippen molar-refractivity contribution in [2.75, 3.05) is 34.5 Å². The highest BCUT2D eigenvalue weighted by molar-refractivity contribution is 7.90. The number of carbonyl (C=O) groups excluding carboxylic acids is 1. The summed E-state index contributed by atoms with van der Waals surface area (Å²) >= 11 is 0. The van der Waals surface area contributed by atoms with E-state index in [2.05, 4.69) is 9.46 Å². The molecule has 1 saturated carbocycles. The predicted molar refractivity (Wildman–Crippen MR) is 72.7 cm³/mol. The molecule has 0 bridgehead atoms. The van der Waals surface area contributed by atoms with Crippen molar-refractivity contribution in [1.82, 2.24) is 4.72 Å². The minimum Gasteiger partial charge on any atom is -0.469 e. The molecule has 0 saturated heterocycles. The summed E-state index contributed by atoms with van der Waals surface area (Å²) < 4.78 is 41.7. The van der Waals surface area contributed by atoms with Crippen molar-refractivity contribution in [2.45, 2.75) is 30.6 Å². The van der Waals surface area contributed by atoms with Crippen LogP contribution in [0.5, 0.6) is 0 Å². The van der Waals surface area contributed by atoms with E-state index >= 15 is 0 Å². The van der Waals surface area contributed by atoms with Crippen LogP contribution in [0.25, 0.3) is 0 Å². The Labute approximate surface area is 120 Å². The molecule has 0 radical (unpaired) electrons. The Kier molecular flexibility index (Phi) is 6.87. The van der Waals surface area contributed by atoms with Gasteiger partial charge in [0.15, 0.2) is 0 Å². The van der Waals surface area contributed by atoms with Gasteiger partial charge in [-0.2, -0.15) is 0 Å². The Morgan fingerprint density at radius 2 is 2.00 bits per heavy atom. The fourth-order valence-electron chi connectivity index (χ4n) is 2.43. The third-order valence-electron chi connectivity index (χ3n) is 3.55. The Hall–Kier alpha value is -0.700. The van der Waals surface area contributed by atoms with E-state index < -0.39 is 27.2 Å². The summed E-state index contributed by atoms with van der Waals surface area (Å²) in [4.78, 5) is 11.6. The molecule has 1 aliphatic carbocycles. The summed E-state index contributed by atoms with van der Waals surface area (Å²) in [7, 11) is 0.710. The maximum Gasteiger partial charge on any atom is 0.310 e. The number of nitrogens with one attached hydrogen (secondary N) is 1. The maximum absolute atomic E-state index is 12.3. The molecule has 0 heterocycles. The zero-order valence-electron chi connectivity index (χ0n) is 12.1. The predicted octanol–water partition coefficient (Wildman–Crippen LogP) is -0.0911. The molecule has 0 amide bonds. The summed E-state index contributed by atoms with van der Waals surface area (Å²) in [6.45, 7) is 0.418. The van der Waals surface area contributed by atoms with Crippen molar-refractivity contribution in [3.63, 3.8) is 0 Å². The highest BCUT2D eigenvalue weighted by atomic mass is 32.2. The maximum atomic E-state index is 12.3. The van der Waals surface area contributed by atoms with Crippen LogP contribution < -0.4 is 4.72 Å². The van der Waals surface area contributed by atoms with Crippen LogP contribution in [0.15, 0.2) is 0 Å². The first-order chi connectivity index (χ1) is 9.46. The normalized spacial score (nSPS) is 24.6. The second-order valence-corrected chi connectivity index (χ2v) is 6.79. The molecular formula is C12H23NO6S. The first-order valence-corrected chi connectivity index (χ1v) is 8.09. The summed E-state index contributed by atoms with van der Waals surface area (Å²) in [5, 5.41) is -0.727. The van der Waals surface area contributed by atoms with Crippen LogP contribution in [0.2, 0.25) is 0 Å². The lowest BCUT2D eigenvalue weighted by Crippen LogP contribution is -2.43. The lowest BCUT2D eigenvalue weighted by atomic mass is 10.1. The molecule has 1 fully saturated rings. The number of ether oxygens (including phenoxy) is 3. The van der Waals surface area contributed by atoms with Gasteiger partial charge in [0.25, 0.3) is 0 Å².